The summed E-state index contributed by atoms with van der Waals surface area (Å²) >= 11 is 0. The Balaban J connectivity index is 0.000000138. The van der Waals surface area contributed by atoms with Gasteiger partial charge in [-0.05, 0) is 201 Å². The molecule has 17 aromatic carbocycles. The number of hydrogen-bond acceptors (Lipinski definition) is 1. The summed E-state index contributed by atoms with van der Waals surface area (Å²) in [5, 5.41) is 17.5. The first-order valence-corrected chi connectivity index (χ1v) is 34.0. The van der Waals surface area contributed by atoms with Crippen molar-refractivity contribution >= 4 is 86.6 Å². The maximum atomic E-state index is 6.61. The van der Waals surface area contributed by atoms with Crippen molar-refractivity contribution in [1.29, 1.82) is 0 Å². The van der Waals surface area contributed by atoms with Crippen LogP contribution in [-0.2, 0) is 10.8 Å². The summed E-state index contributed by atoms with van der Waals surface area (Å²) in [5.74, 6) is 0. The monoisotopic (exact) mass is 1230 g/mol. The van der Waals surface area contributed by atoms with Gasteiger partial charge in [0.15, 0.2) is 0 Å². The molecule has 97 heavy (non-hydrogen) atoms. The molecule has 1 heterocycles. The Labute approximate surface area is 564 Å². The molecule has 0 aliphatic heterocycles. The van der Waals surface area contributed by atoms with Crippen LogP contribution in [0.5, 0.6) is 0 Å². The Bertz CT molecular complexity index is 6180. The fourth-order valence-corrected chi connectivity index (χ4v) is 17.2. The zero-order valence-corrected chi connectivity index (χ0v) is 54.6. The van der Waals surface area contributed by atoms with E-state index < -0.39 is 0 Å². The van der Waals surface area contributed by atoms with Crippen molar-refractivity contribution in [2.75, 3.05) is 0 Å². The molecule has 18 aromatic rings. The average Bonchev–Trinajstić information content (AvgIpc) is 1.67. The van der Waals surface area contributed by atoms with Crippen molar-refractivity contribution in [1.82, 2.24) is 0 Å². The minimum Gasteiger partial charge on any atom is -0.455 e. The lowest BCUT2D eigenvalue weighted by Gasteiger charge is -2.25. The van der Waals surface area contributed by atoms with Gasteiger partial charge in [-0.1, -0.05) is 319 Å². The molecule has 0 saturated carbocycles. The molecule has 0 bridgehead atoms. The van der Waals surface area contributed by atoms with Gasteiger partial charge in [-0.2, -0.15) is 0 Å². The molecule has 0 unspecified atom stereocenters. The fraction of sp³-hybridized carbons (Fsp3) is 0.0625. The molecule has 2 aliphatic rings. The smallest absolute Gasteiger partial charge is 0.143 e. The Morgan fingerprint density at radius 2 is 0.598 bits per heavy atom. The second-order valence-corrected chi connectivity index (χ2v) is 27.7. The topological polar surface area (TPSA) is 13.1 Å². The highest BCUT2D eigenvalue weighted by atomic mass is 16.3. The summed E-state index contributed by atoms with van der Waals surface area (Å²) in [5.41, 5.74) is 27.7. The van der Waals surface area contributed by atoms with E-state index in [1.807, 2.05) is 6.07 Å². The number of fused-ring (bicyclic) bond motifs is 15. The van der Waals surface area contributed by atoms with Crippen LogP contribution in [-0.4, -0.2) is 0 Å². The van der Waals surface area contributed by atoms with Crippen molar-refractivity contribution in [3.05, 3.63) is 350 Å². The number of rotatable bonds is 6. The summed E-state index contributed by atoms with van der Waals surface area (Å²) in [7, 11) is 0. The van der Waals surface area contributed by atoms with E-state index in [9.17, 15) is 0 Å². The van der Waals surface area contributed by atoms with Gasteiger partial charge in [0.25, 0.3) is 0 Å². The van der Waals surface area contributed by atoms with Crippen molar-refractivity contribution in [3.8, 4) is 89.0 Å². The van der Waals surface area contributed by atoms with Crippen LogP contribution >= 0.6 is 0 Å². The molecule has 0 radical (unpaired) electrons. The van der Waals surface area contributed by atoms with Crippen LogP contribution in [0, 0.1) is 0 Å². The lowest BCUT2D eigenvalue weighted by Crippen LogP contribution is -2.16. The largest absolute Gasteiger partial charge is 0.455 e. The second kappa shape index (κ2) is 21.8. The highest BCUT2D eigenvalue weighted by Gasteiger charge is 2.40. The number of furan rings is 1. The Hall–Kier alpha value is -11.9. The third-order valence-corrected chi connectivity index (χ3v) is 21.7. The molecule has 0 atom stereocenters. The van der Waals surface area contributed by atoms with Crippen molar-refractivity contribution in [2.45, 2.75) is 38.5 Å². The molecule has 0 saturated heterocycles. The molecule has 0 spiro atoms. The van der Waals surface area contributed by atoms with Gasteiger partial charge in [-0.25, -0.2) is 0 Å². The van der Waals surface area contributed by atoms with Crippen LogP contribution in [0.4, 0.5) is 0 Å². The normalized spacial score (nSPS) is 13.3. The third-order valence-electron chi connectivity index (χ3n) is 21.7. The van der Waals surface area contributed by atoms with Crippen molar-refractivity contribution < 1.29 is 4.42 Å². The maximum Gasteiger partial charge on any atom is 0.143 e. The Morgan fingerprint density at radius 3 is 1.21 bits per heavy atom. The predicted molar refractivity (Wildman–Crippen MR) is 413 cm³/mol. The van der Waals surface area contributed by atoms with Crippen LogP contribution < -0.4 is 0 Å². The van der Waals surface area contributed by atoms with E-state index in [0.717, 1.165) is 27.5 Å². The SMILES string of the molecule is CC1(C)c2cc3ccccc3cc2-c2c(-c3c4ccccc4c(-c4ccc(-c5ccccc5)cc4)c4ccccc34)cccc21.CC1(C)c2cc3ccccc3cc2-c2cccc(-c3cccc(-c4c5ccccc5c(-c5cccc6c5oc5ccccc56)c5ccccc45)c3)c21. The molecule has 2 aliphatic carbocycles. The lowest BCUT2D eigenvalue weighted by atomic mass is 9.78. The van der Waals surface area contributed by atoms with Gasteiger partial charge in [-0.3, -0.25) is 0 Å². The third kappa shape index (κ3) is 8.71. The maximum absolute atomic E-state index is 6.61. The summed E-state index contributed by atoms with van der Waals surface area (Å²) in [6.07, 6.45) is 0. The van der Waals surface area contributed by atoms with E-state index in [1.54, 1.807) is 0 Å². The molecule has 1 heteroatoms. The quantitative estimate of drug-likeness (QED) is 0.151. The van der Waals surface area contributed by atoms with E-state index in [2.05, 4.69) is 349 Å². The molecular formula is C96H66O. The number of benzene rings is 17. The summed E-state index contributed by atoms with van der Waals surface area (Å²) in [6.45, 7) is 9.55. The molecular weight excluding hydrogens is 1170 g/mol. The molecule has 20 rings (SSSR count). The second-order valence-electron chi connectivity index (χ2n) is 27.7. The molecule has 456 valence electrons. The van der Waals surface area contributed by atoms with Crippen LogP contribution in [0.3, 0.4) is 0 Å². The van der Waals surface area contributed by atoms with E-state index in [4.69, 9.17) is 4.42 Å². The van der Waals surface area contributed by atoms with Gasteiger partial charge >= 0.3 is 0 Å². The van der Waals surface area contributed by atoms with Crippen molar-refractivity contribution in [3.63, 3.8) is 0 Å². The van der Waals surface area contributed by atoms with Crippen molar-refractivity contribution in [2.24, 2.45) is 0 Å². The summed E-state index contributed by atoms with van der Waals surface area (Å²) in [4.78, 5) is 0. The number of para-hydroxylation sites is 2. The van der Waals surface area contributed by atoms with Crippen LogP contribution in [0.25, 0.3) is 176 Å². The molecule has 0 fully saturated rings. The highest BCUT2D eigenvalue weighted by Crippen LogP contribution is 2.57. The first-order chi connectivity index (χ1) is 47.7. The first kappa shape index (κ1) is 56.6. The minimum absolute atomic E-state index is 0.0866. The van der Waals surface area contributed by atoms with Gasteiger partial charge in [0.1, 0.15) is 11.2 Å². The molecule has 1 aromatic heterocycles. The standard InChI is InChI=1S/C51H34O.C45H32/c1-51(2)45-30-32-15-4-3-14-31(32)29-44(45)41-24-12-23-35(49(41)51)33-16-11-17-34(28-33)47-37-19-5-7-21-39(37)48(40-22-8-6-20-38(40)47)43-26-13-25-42-36-18-9-10-27-46(36)52-50(42)43;1-45(2)40-22-12-21-38(44(40)39-27-32-15-6-7-16-33(32)28-41(39)45)43-36-19-10-8-17-34(36)42(35-18-9-11-20-37(35)43)31-25-23-30(24-26-31)29-13-4-3-5-14-29/h3-30H,1-2H3;3-28H,1-2H3. The first-order valence-electron chi connectivity index (χ1n) is 34.0. The molecule has 0 amide bonds. The van der Waals surface area contributed by atoms with Gasteiger partial charge in [-0.15, -0.1) is 0 Å². The molecule has 0 N–H and O–H groups in total. The average molecular weight is 1240 g/mol. The van der Waals surface area contributed by atoms with Gasteiger partial charge in [0.05, 0.1) is 0 Å². The van der Waals surface area contributed by atoms with Crippen LogP contribution in [0.2, 0.25) is 0 Å². The predicted octanol–water partition coefficient (Wildman–Crippen LogP) is 26.8. The van der Waals surface area contributed by atoms with E-state index in [-0.39, 0.29) is 10.8 Å². The zero-order valence-electron chi connectivity index (χ0n) is 54.6. The van der Waals surface area contributed by atoms with Gasteiger partial charge < -0.3 is 4.42 Å². The Kier molecular flexibility index (Phi) is 12.7. The Morgan fingerprint density at radius 1 is 0.206 bits per heavy atom. The van der Waals surface area contributed by atoms with Gasteiger partial charge in [0, 0.05) is 32.7 Å². The van der Waals surface area contributed by atoms with Crippen LogP contribution in [0.15, 0.2) is 332 Å². The minimum atomic E-state index is -0.139. The van der Waals surface area contributed by atoms with Gasteiger partial charge in [0.2, 0.25) is 0 Å². The molecule has 1 nitrogen and oxygen atoms in total. The summed E-state index contributed by atoms with van der Waals surface area (Å²) in [6, 6.07) is 121. The fourth-order valence-electron chi connectivity index (χ4n) is 17.2. The number of hydrogen-bond donors (Lipinski definition) is 0. The summed E-state index contributed by atoms with van der Waals surface area (Å²) < 4.78 is 6.61. The van der Waals surface area contributed by atoms with Crippen LogP contribution in [0.1, 0.15) is 49.9 Å². The highest BCUT2D eigenvalue weighted by molar-refractivity contribution is 6.26. The van der Waals surface area contributed by atoms with E-state index >= 15 is 0 Å². The zero-order chi connectivity index (χ0) is 64.7. The van der Waals surface area contributed by atoms with E-state index in [1.165, 1.54) is 170 Å². The lowest BCUT2D eigenvalue weighted by molar-refractivity contribution is 0.661. The van der Waals surface area contributed by atoms with E-state index in [0.29, 0.717) is 0 Å².